The molecule has 0 saturated carbocycles. The van der Waals surface area contributed by atoms with Crippen molar-refractivity contribution in [2.45, 2.75) is 20.3 Å². The number of carbonyl (C=O) groups excluding carboxylic acids is 2. The molecule has 112 valence electrons. The molecule has 1 atom stereocenters. The number of nitrogens with zero attached hydrogens (tertiary/aromatic N) is 1. The first-order valence-electron chi connectivity index (χ1n) is 6.52. The van der Waals surface area contributed by atoms with Crippen LogP contribution in [0, 0.1) is 5.92 Å². The minimum Gasteiger partial charge on any atom is -0.491 e. The molecule has 0 saturated heterocycles. The number of aromatic nitrogens is 1. The van der Waals surface area contributed by atoms with Crippen molar-refractivity contribution in [1.82, 2.24) is 4.98 Å². The van der Waals surface area contributed by atoms with Crippen LogP contribution in [-0.4, -0.2) is 30.8 Å². The van der Waals surface area contributed by atoms with E-state index >= 15 is 0 Å². The summed E-state index contributed by atoms with van der Waals surface area (Å²) in [6.07, 6.45) is 0.219. The zero-order chi connectivity index (χ0) is 15.6. The maximum absolute atomic E-state index is 12.2. The fourth-order valence-electron chi connectivity index (χ4n) is 1.88. The number of methoxy groups -OCH3 is 2. The number of fused-ring (bicyclic) bond motifs is 1. The molecule has 0 fully saturated rings. The van der Waals surface area contributed by atoms with Crippen molar-refractivity contribution in [2.75, 3.05) is 14.2 Å². The fourth-order valence-corrected chi connectivity index (χ4v) is 2.86. The lowest BCUT2D eigenvalue weighted by molar-refractivity contribution is -0.120. The first kappa shape index (κ1) is 15.4. The highest BCUT2D eigenvalue weighted by atomic mass is 32.1. The number of hydrogen-bond acceptors (Lipinski definition) is 6. The third-order valence-electron chi connectivity index (χ3n) is 3.31. The van der Waals surface area contributed by atoms with E-state index in [1.165, 1.54) is 25.4 Å². The molecule has 0 aliphatic rings. The monoisotopic (exact) mass is 307 g/mol. The van der Waals surface area contributed by atoms with E-state index in [0.717, 1.165) is 4.70 Å². The number of carbonyl (C=O) groups is 2. The smallest absolute Gasteiger partial charge is 0.257 e. The Labute approximate surface area is 126 Å². The van der Waals surface area contributed by atoms with E-state index in [1.54, 1.807) is 26.2 Å². The highest BCUT2D eigenvalue weighted by molar-refractivity contribution is 7.20. The molecule has 21 heavy (non-hydrogen) atoms. The highest BCUT2D eigenvalue weighted by Gasteiger charge is 2.18. The maximum Gasteiger partial charge on any atom is 0.257 e. The quantitative estimate of drug-likeness (QED) is 0.767. The SMILES string of the molecule is COc1cc2sc(C(=O)C[C@@H](C)C(C)=O)cc2nc1OC. The van der Waals surface area contributed by atoms with Crippen molar-refractivity contribution in [3.05, 3.63) is 17.0 Å². The van der Waals surface area contributed by atoms with Gasteiger partial charge >= 0.3 is 0 Å². The minimum atomic E-state index is -0.264. The van der Waals surface area contributed by atoms with Crippen LogP contribution < -0.4 is 9.47 Å². The third-order valence-corrected chi connectivity index (χ3v) is 4.42. The number of hydrogen-bond donors (Lipinski definition) is 0. The molecule has 0 radical (unpaired) electrons. The van der Waals surface area contributed by atoms with Gasteiger partial charge in [0.25, 0.3) is 5.88 Å². The van der Waals surface area contributed by atoms with Gasteiger partial charge in [0.15, 0.2) is 11.5 Å². The predicted molar refractivity (Wildman–Crippen MR) is 81.5 cm³/mol. The highest BCUT2D eigenvalue weighted by Crippen LogP contribution is 2.34. The molecule has 0 aromatic carbocycles. The van der Waals surface area contributed by atoms with Gasteiger partial charge in [0.1, 0.15) is 5.78 Å². The van der Waals surface area contributed by atoms with Gasteiger partial charge in [-0.05, 0) is 13.0 Å². The standard InChI is InChI=1S/C15H17NO4S/c1-8(9(2)17)5-11(18)14-6-10-13(21-14)7-12(19-3)15(16-10)20-4/h6-8H,5H2,1-4H3/t8-/m1/s1. The van der Waals surface area contributed by atoms with Gasteiger partial charge in [0, 0.05) is 18.4 Å². The summed E-state index contributed by atoms with van der Waals surface area (Å²) in [5, 5.41) is 0. The van der Waals surface area contributed by atoms with Crippen molar-refractivity contribution < 1.29 is 19.1 Å². The van der Waals surface area contributed by atoms with Gasteiger partial charge in [-0.2, -0.15) is 0 Å². The Morgan fingerprint density at radius 1 is 1.29 bits per heavy atom. The Balaban J connectivity index is 2.34. The summed E-state index contributed by atoms with van der Waals surface area (Å²) in [4.78, 5) is 28.4. The molecular weight excluding hydrogens is 290 g/mol. The molecule has 0 unspecified atom stereocenters. The Kier molecular flexibility index (Phi) is 4.57. The van der Waals surface area contributed by atoms with Crippen molar-refractivity contribution in [1.29, 1.82) is 0 Å². The van der Waals surface area contributed by atoms with Crippen LogP contribution in [0.1, 0.15) is 29.9 Å². The largest absolute Gasteiger partial charge is 0.491 e. The topological polar surface area (TPSA) is 65.5 Å². The summed E-state index contributed by atoms with van der Waals surface area (Å²) in [5.41, 5.74) is 0.691. The number of Topliss-reactive ketones (excluding diaryl/α,β-unsaturated/α-hetero) is 2. The number of thiophene rings is 1. The summed E-state index contributed by atoms with van der Waals surface area (Å²) >= 11 is 1.35. The molecule has 0 amide bonds. The predicted octanol–water partition coefficient (Wildman–Crippen LogP) is 3.11. The Hall–Kier alpha value is -1.95. The molecule has 0 aliphatic carbocycles. The van der Waals surface area contributed by atoms with Gasteiger partial charge in [-0.3, -0.25) is 9.59 Å². The van der Waals surface area contributed by atoms with Crippen LogP contribution in [0.5, 0.6) is 11.6 Å². The number of pyridine rings is 1. The number of ketones is 2. The molecule has 0 aliphatic heterocycles. The summed E-state index contributed by atoms with van der Waals surface area (Å²) in [6, 6.07) is 3.54. The van der Waals surface area contributed by atoms with Crippen molar-refractivity contribution >= 4 is 33.1 Å². The zero-order valence-electron chi connectivity index (χ0n) is 12.4. The summed E-state index contributed by atoms with van der Waals surface area (Å²) in [7, 11) is 3.06. The lowest BCUT2D eigenvalue weighted by atomic mass is 10.0. The molecule has 5 nitrogen and oxygen atoms in total. The molecule has 2 rings (SSSR count). The van der Waals surface area contributed by atoms with Crippen LogP contribution in [0.3, 0.4) is 0 Å². The van der Waals surface area contributed by atoms with Crippen molar-refractivity contribution in [3.63, 3.8) is 0 Å². The van der Waals surface area contributed by atoms with Crippen LogP contribution in [-0.2, 0) is 4.79 Å². The summed E-state index contributed by atoms with van der Waals surface area (Å²) in [6.45, 7) is 3.26. The molecular formula is C15H17NO4S. The van der Waals surface area contributed by atoms with Crippen LogP contribution in [0.25, 0.3) is 10.2 Å². The van der Waals surface area contributed by atoms with Gasteiger partial charge in [0.05, 0.1) is 29.3 Å². The van der Waals surface area contributed by atoms with E-state index < -0.39 is 0 Å². The van der Waals surface area contributed by atoms with Crippen molar-refractivity contribution in [3.8, 4) is 11.6 Å². The zero-order valence-corrected chi connectivity index (χ0v) is 13.2. The molecule has 6 heteroatoms. The van der Waals surface area contributed by atoms with E-state index in [1.807, 2.05) is 0 Å². The normalized spacial score (nSPS) is 12.2. The number of ether oxygens (including phenoxy) is 2. The van der Waals surface area contributed by atoms with Crippen LogP contribution >= 0.6 is 11.3 Å². The third kappa shape index (κ3) is 3.21. The molecule has 2 aromatic heterocycles. The fraction of sp³-hybridized carbons (Fsp3) is 0.400. The van der Waals surface area contributed by atoms with Gasteiger partial charge in [-0.25, -0.2) is 4.98 Å². The second-order valence-electron chi connectivity index (χ2n) is 4.83. The van der Waals surface area contributed by atoms with E-state index in [4.69, 9.17) is 9.47 Å². The lowest BCUT2D eigenvalue weighted by Gasteiger charge is -2.05. The van der Waals surface area contributed by atoms with Crippen LogP contribution in [0.2, 0.25) is 0 Å². The summed E-state index contributed by atoms with van der Waals surface area (Å²) in [5.74, 6) is 0.631. The average molecular weight is 307 g/mol. The van der Waals surface area contributed by atoms with Crippen LogP contribution in [0.15, 0.2) is 12.1 Å². The molecule has 2 heterocycles. The lowest BCUT2D eigenvalue weighted by Crippen LogP contribution is -2.11. The first-order chi connectivity index (χ1) is 9.96. The second kappa shape index (κ2) is 6.22. The van der Waals surface area contributed by atoms with Gasteiger partial charge in [0.2, 0.25) is 0 Å². The Bertz CT molecular complexity index is 651. The van der Waals surface area contributed by atoms with Gasteiger partial charge in [-0.1, -0.05) is 6.92 Å². The second-order valence-corrected chi connectivity index (χ2v) is 5.92. The van der Waals surface area contributed by atoms with Gasteiger partial charge < -0.3 is 9.47 Å². The Morgan fingerprint density at radius 3 is 2.57 bits per heavy atom. The van der Waals surface area contributed by atoms with Gasteiger partial charge in [-0.15, -0.1) is 11.3 Å². The molecule has 2 aromatic rings. The van der Waals surface area contributed by atoms with E-state index in [-0.39, 0.29) is 23.9 Å². The van der Waals surface area contributed by atoms with E-state index in [9.17, 15) is 9.59 Å². The molecule has 0 spiro atoms. The summed E-state index contributed by atoms with van der Waals surface area (Å²) < 4.78 is 11.2. The van der Waals surface area contributed by atoms with E-state index in [0.29, 0.717) is 22.0 Å². The number of rotatable bonds is 6. The van der Waals surface area contributed by atoms with Crippen molar-refractivity contribution in [2.24, 2.45) is 5.92 Å². The first-order valence-corrected chi connectivity index (χ1v) is 7.34. The maximum atomic E-state index is 12.2. The minimum absolute atomic E-state index is 0.0194. The van der Waals surface area contributed by atoms with Crippen LogP contribution in [0.4, 0.5) is 0 Å². The Morgan fingerprint density at radius 2 is 2.00 bits per heavy atom. The van der Waals surface area contributed by atoms with E-state index in [2.05, 4.69) is 4.98 Å². The molecule has 0 bridgehead atoms. The average Bonchev–Trinajstić information content (AvgIpc) is 2.88. The molecule has 0 N–H and O–H groups in total.